The first-order chi connectivity index (χ1) is 10.3. The lowest BCUT2D eigenvalue weighted by atomic mass is 10.0. The fourth-order valence-corrected chi connectivity index (χ4v) is 2.32. The number of hydrogen-bond donors (Lipinski definition) is 1. The predicted octanol–water partition coefficient (Wildman–Crippen LogP) is 3.33. The number of carbonyl (C=O) groups is 2. The molecule has 1 aromatic rings. The second-order valence-electron chi connectivity index (χ2n) is 5.37. The maximum atomic E-state index is 12.4. The Labute approximate surface area is 137 Å². The zero-order valence-electron chi connectivity index (χ0n) is 13.4. The molecule has 0 spiro atoms. The summed E-state index contributed by atoms with van der Waals surface area (Å²) in [4.78, 5) is 25.6. The molecule has 120 valence electrons. The molecule has 4 nitrogen and oxygen atoms in total. The van der Waals surface area contributed by atoms with Crippen molar-refractivity contribution < 1.29 is 9.59 Å². The second-order valence-corrected chi connectivity index (χ2v) is 5.81. The molecule has 1 atom stereocenters. The van der Waals surface area contributed by atoms with Gasteiger partial charge in [0.05, 0.1) is 12.5 Å². The molecule has 0 aliphatic rings. The SMILES string of the molecule is C=C(C)CN(CC)C(=O)CC(NC(C)=O)c1ccc(Cl)cc1. The number of amides is 2. The van der Waals surface area contributed by atoms with Crippen molar-refractivity contribution in [3.8, 4) is 0 Å². The Morgan fingerprint density at radius 2 is 1.86 bits per heavy atom. The minimum absolute atomic E-state index is 0.0146. The number of nitrogens with one attached hydrogen (secondary N) is 1. The van der Waals surface area contributed by atoms with Crippen molar-refractivity contribution in [3.05, 3.63) is 47.0 Å². The highest BCUT2D eigenvalue weighted by Crippen LogP contribution is 2.20. The van der Waals surface area contributed by atoms with Crippen LogP contribution in [0.5, 0.6) is 0 Å². The molecule has 1 unspecified atom stereocenters. The van der Waals surface area contributed by atoms with Gasteiger partial charge < -0.3 is 10.2 Å². The number of hydrogen-bond acceptors (Lipinski definition) is 2. The quantitative estimate of drug-likeness (QED) is 0.783. The Morgan fingerprint density at radius 3 is 2.32 bits per heavy atom. The van der Waals surface area contributed by atoms with Crippen molar-refractivity contribution >= 4 is 23.4 Å². The standard InChI is InChI=1S/C17H23ClN2O2/c1-5-20(11-12(2)3)17(22)10-16(19-13(4)21)14-6-8-15(18)9-7-14/h6-9,16H,2,5,10-11H2,1,3-4H3,(H,19,21). The summed E-state index contributed by atoms with van der Waals surface area (Å²) in [6.45, 7) is 10.2. The van der Waals surface area contributed by atoms with Crippen LogP contribution in [-0.2, 0) is 9.59 Å². The van der Waals surface area contributed by atoms with Crippen LogP contribution in [0.2, 0.25) is 5.02 Å². The van der Waals surface area contributed by atoms with E-state index in [9.17, 15) is 9.59 Å². The van der Waals surface area contributed by atoms with E-state index in [2.05, 4.69) is 11.9 Å². The van der Waals surface area contributed by atoms with Gasteiger partial charge in [-0.3, -0.25) is 9.59 Å². The Balaban J connectivity index is 2.88. The summed E-state index contributed by atoms with van der Waals surface area (Å²) < 4.78 is 0. The van der Waals surface area contributed by atoms with Gasteiger partial charge in [-0.05, 0) is 31.5 Å². The number of likely N-dealkylation sites (N-methyl/N-ethyl adjacent to an activating group) is 1. The van der Waals surface area contributed by atoms with E-state index in [4.69, 9.17) is 11.6 Å². The molecular weight excluding hydrogens is 300 g/mol. The molecule has 1 rings (SSSR count). The van der Waals surface area contributed by atoms with Crippen molar-refractivity contribution in [2.75, 3.05) is 13.1 Å². The van der Waals surface area contributed by atoms with Gasteiger partial charge in [-0.25, -0.2) is 0 Å². The fraction of sp³-hybridized carbons (Fsp3) is 0.412. The van der Waals surface area contributed by atoms with Crippen LogP contribution in [0.3, 0.4) is 0 Å². The maximum absolute atomic E-state index is 12.4. The maximum Gasteiger partial charge on any atom is 0.225 e. The van der Waals surface area contributed by atoms with Gasteiger partial charge >= 0.3 is 0 Å². The third-order valence-electron chi connectivity index (χ3n) is 3.22. The van der Waals surface area contributed by atoms with E-state index in [0.29, 0.717) is 18.1 Å². The number of carbonyl (C=O) groups excluding carboxylic acids is 2. The second kappa shape index (κ2) is 8.59. The molecule has 0 radical (unpaired) electrons. The van der Waals surface area contributed by atoms with Crippen LogP contribution < -0.4 is 5.32 Å². The molecular formula is C17H23ClN2O2. The first-order valence-electron chi connectivity index (χ1n) is 7.28. The van der Waals surface area contributed by atoms with Gasteiger partial charge in [-0.1, -0.05) is 35.9 Å². The molecule has 0 fully saturated rings. The average molecular weight is 323 g/mol. The first kappa shape index (κ1) is 18.2. The number of halogens is 1. The fourth-order valence-electron chi connectivity index (χ4n) is 2.20. The Bertz CT molecular complexity index is 540. The van der Waals surface area contributed by atoms with E-state index >= 15 is 0 Å². The number of rotatable bonds is 7. The third-order valence-corrected chi connectivity index (χ3v) is 3.48. The van der Waals surface area contributed by atoms with E-state index < -0.39 is 0 Å². The van der Waals surface area contributed by atoms with Crippen LogP contribution in [-0.4, -0.2) is 29.8 Å². The van der Waals surface area contributed by atoms with E-state index in [1.165, 1.54) is 6.92 Å². The molecule has 1 aromatic carbocycles. The Kier molecular flexibility index (Phi) is 7.12. The van der Waals surface area contributed by atoms with Gasteiger partial charge in [0.25, 0.3) is 0 Å². The monoisotopic (exact) mass is 322 g/mol. The summed E-state index contributed by atoms with van der Waals surface area (Å²) >= 11 is 5.89. The summed E-state index contributed by atoms with van der Waals surface area (Å²) in [5.74, 6) is -0.185. The molecule has 0 aliphatic heterocycles. The van der Waals surface area contributed by atoms with Crippen LogP contribution >= 0.6 is 11.6 Å². The highest BCUT2D eigenvalue weighted by Gasteiger charge is 2.20. The van der Waals surface area contributed by atoms with Crippen LogP contribution in [0.25, 0.3) is 0 Å². The van der Waals surface area contributed by atoms with Crippen molar-refractivity contribution in [3.63, 3.8) is 0 Å². The van der Waals surface area contributed by atoms with Crippen LogP contribution in [0.15, 0.2) is 36.4 Å². The normalized spacial score (nSPS) is 11.6. The molecule has 0 saturated carbocycles. The molecule has 5 heteroatoms. The van der Waals surface area contributed by atoms with Gasteiger partial charge in [-0.15, -0.1) is 0 Å². The Morgan fingerprint density at radius 1 is 1.27 bits per heavy atom. The molecule has 1 N–H and O–H groups in total. The highest BCUT2D eigenvalue weighted by atomic mass is 35.5. The predicted molar refractivity (Wildman–Crippen MR) is 89.7 cm³/mol. The smallest absolute Gasteiger partial charge is 0.225 e. The van der Waals surface area contributed by atoms with Crippen molar-refractivity contribution in [2.24, 2.45) is 0 Å². The summed E-state index contributed by atoms with van der Waals surface area (Å²) in [7, 11) is 0. The minimum atomic E-state index is -0.360. The number of nitrogens with zero attached hydrogens (tertiary/aromatic N) is 1. The lowest BCUT2D eigenvalue weighted by Gasteiger charge is -2.25. The van der Waals surface area contributed by atoms with Gasteiger partial charge in [0.2, 0.25) is 11.8 Å². The van der Waals surface area contributed by atoms with E-state index in [-0.39, 0.29) is 24.3 Å². The zero-order chi connectivity index (χ0) is 16.7. The highest BCUT2D eigenvalue weighted by molar-refractivity contribution is 6.30. The van der Waals surface area contributed by atoms with Crippen molar-refractivity contribution in [1.82, 2.24) is 10.2 Å². The van der Waals surface area contributed by atoms with E-state index in [1.54, 1.807) is 17.0 Å². The Hall–Kier alpha value is -1.81. The lowest BCUT2D eigenvalue weighted by Crippen LogP contribution is -2.36. The summed E-state index contributed by atoms with van der Waals surface area (Å²) in [6.07, 6.45) is 0.211. The molecule has 0 heterocycles. The van der Waals surface area contributed by atoms with Crippen LogP contribution in [0.1, 0.15) is 38.8 Å². The summed E-state index contributed by atoms with van der Waals surface area (Å²) in [5, 5.41) is 3.45. The minimum Gasteiger partial charge on any atom is -0.349 e. The molecule has 0 aliphatic carbocycles. The third kappa shape index (κ3) is 5.90. The van der Waals surface area contributed by atoms with Gasteiger partial charge in [0.15, 0.2) is 0 Å². The van der Waals surface area contributed by atoms with E-state index in [0.717, 1.165) is 11.1 Å². The van der Waals surface area contributed by atoms with Crippen LogP contribution in [0.4, 0.5) is 0 Å². The zero-order valence-corrected chi connectivity index (χ0v) is 14.1. The lowest BCUT2D eigenvalue weighted by molar-refractivity contribution is -0.131. The topological polar surface area (TPSA) is 49.4 Å². The van der Waals surface area contributed by atoms with Crippen LogP contribution in [0, 0.1) is 0 Å². The van der Waals surface area contributed by atoms with Gasteiger partial charge in [0, 0.05) is 25.0 Å². The van der Waals surface area contributed by atoms with Crippen molar-refractivity contribution in [2.45, 2.75) is 33.2 Å². The average Bonchev–Trinajstić information content (AvgIpc) is 2.44. The number of benzene rings is 1. The van der Waals surface area contributed by atoms with Crippen molar-refractivity contribution in [1.29, 1.82) is 0 Å². The first-order valence-corrected chi connectivity index (χ1v) is 7.66. The molecule has 0 saturated heterocycles. The largest absolute Gasteiger partial charge is 0.349 e. The molecule has 0 bridgehead atoms. The summed E-state index contributed by atoms with van der Waals surface area (Å²) in [5.41, 5.74) is 1.79. The summed E-state index contributed by atoms with van der Waals surface area (Å²) in [6, 6.07) is 6.79. The molecule has 22 heavy (non-hydrogen) atoms. The van der Waals surface area contributed by atoms with Gasteiger partial charge in [0.1, 0.15) is 0 Å². The van der Waals surface area contributed by atoms with E-state index in [1.807, 2.05) is 26.0 Å². The molecule has 2 amide bonds. The van der Waals surface area contributed by atoms with Gasteiger partial charge in [-0.2, -0.15) is 0 Å². The molecule has 0 aromatic heterocycles.